The number of para-hydroxylation sites is 1. The minimum atomic E-state index is -0.686. The van der Waals surface area contributed by atoms with Crippen molar-refractivity contribution in [3.63, 3.8) is 0 Å². The van der Waals surface area contributed by atoms with Gasteiger partial charge in [-0.15, -0.1) is 0 Å². The molecule has 0 fully saturated rings. The average Bonchev–Trinajstić information content (AvgIpc) is 3.48. The van der Waals surface area contributed by atoms with Crippen molar-refractivity contribution < 1.29 is 4.74 Å². The number of allylic oxidation sites excluding steroid dienone is 1. The summed E-state index contributed by atoms with van der Waals surface area (Å²) in [6.07, 6.45) is 3.72. The molecule has 0 bridgehead atoms. The molecule has 7 aromatic carbocycles. The molecular formula is C48H36N2O. The van der Waals surface area contributed by atoms with Crippen LogP contribution in [0.3, 0.4) is 0 Å². The lowest BCUT2D eigenvalue weighted by Crippen LogP contribution is -2.32. The lowest BCUT2D eigenvalue weighted by molar-refractivity contribution is 0.436. The Morgan fingerprint density at radius 3 is 1.78 bits per heavy atom. The van der Waals surface area contributed by atoms with Crippen LogP contribution in [0.5, 0.6) is 11.5 Å². The van der Waals surface area contributed by atoms with Gasteiger partial charge < -0.3 is 15.9 Å². The number of hydrogen-bond acceptors (Lipinski definition) is 3. The minimum absolute atomic E-state index is 0.408. The molecule has 1 aliphatic carbocycles. The Kier molecular flexibility index (Phi) is 7.20. The van der Waals surface area contributed by atoms with Crippen LogP contribution in [0, 0.1) is 5.41 Å². The van der Waals surface area contributed by atoms with Crippen LogP contribution in [0.15, 0.2) is 182 Å². The van der Waals surface area contributed by atoms with Gasteiger partial charge in [0.05, 0.1) is 16.7 Å². The molecule has 3 N–H and O–H groups in total. The van der Waals surface area contributed by atoms with Crippen molar-refractivity contribution in [3.05, 3.63) is 215 Å². The topological polar surface area (TPSA) is 59.1 Å². The Labute approximate surface area is 298 Å². The summed E-state index contributed by atoms with van der Waals surface area (Å²) in [6.45, 7) is 1.96. The smallest absolute Gasteiger partial charge is 0.132 e. The molecule has 1 spiro atoms. The quantitative estimate of drug-likeness (QED) is 0.175. The van der Waals surface area contributed by atoms with Gasteiger partial charge in [-0.25, -0.2) is 0 Å². The van der Waals surface area contributed by atoms with Crippen LogP contribution in [0.4, 0.5) is 0 Å². The van der Waals surface area contributed by atoms with Gasteiger partial charge in [-0.1, -0.05) is 158 Å². The Bertz CT molecular complexity index is 2460. The molecule has 0 saturated carbocycles. The minimum Gasteiger partial charge on any atom is -0.457 e. The molecule has 9 rings (SSSR count). The molecule has 1 aliphatic heterocycles. The van der Waals surface area contributed by atoms with E-state index in [-0.39, 0.29) is 0 Å². The van der Waals surface area contributed by atoms with Gasteiger partial charge in [-0.3, -0.25) is 0 Å². The van der Waals surface area contributed by atoms with E-state index in [1.54, 1.807) is 0 Å². The SMILES string of the molecule is CC(N)(/C=C\C(=N)c1cccc(-c2ccccc2-c2ccc3c(c2)Oc2ccccc2C32c3ccccc3-c3ccccc32)c1)c1ccccc1. The van der Waals surface area contributed by atoms with E-state index in [1.165, 1.54) is 22.3 Å². The Morgan fingerprint density at radius 2 is 1.10 bits per heavy atom. The van der Waals surface area contributed by atoms with E-state index in [0.29, 0.717) is 5.71 Å². The first-order chi connectivity index (χ1) is 24.9. The fourth-order valence-corrected chi connectivity index (χ4v) is 8.12. The van der Waals surface area contributed by atoms with Crippen molar-refractivity contribution >= 4 is 5.71 Å². The summed E-state index contributed by atoms with van der Waals surface area (Å²) in [5.41, 5.74) is 19.4. The lowest BCUT2D eigenvalue weighted by Gasteiger charge is -2.39. The zero-order valence-electron chi connectivity index (χ0n) is 28.3. The van der Waals surface area contributed by atoms with Gasteiger partial charge in [0.15, 0.2) is 0 Å². The monoisotopic (exact) mass is 656 g/mol. The summed E-state index contributed by atoms with van der Waals surface area (Å²) in [4.78, 5) is 0. The molecule has 0 saturated heterocycles. The molecule has 0 aromatic heterocycles. The summed E-state index contributed by atoms with van der Waals surface area (Å²) in [6, 6.07) is 59.5. The molecule has 1 unspecified atom stereocenters. The summed E-state index contributed by atoms with van der Waals surface area (Å²) in [5.74, 6) is 1.73. The maximum atomic E-state index is 8.94. The van der Waals surface area contributed by atoms with Crippen LogP contribution in [0.2, 0.25) is 0 Å². The first-order valence-corrected chi connectivity index (χ1v) is 17.4. The van der Waals surface area contributed by atoms with Crippen LogP contribution in [-0.2, 0) is 11.0 Å². The number of nitrogens with one attached hydrogen (secondary N) is 1. The van der Waals surface area contributed by atoms with Gasteiger partial charge in [-0.05, 0) is 86.8 Å². The van der Waals surface area contributed by atoms with Gasteiger partial charge in [0.2, 0.25) is 0 Å². The molecule has 1 atom stereocenters. The van der Waals surface area contributed by atoms with Gasteiger partial charge in [0.25, 0.3) is 0 Å². The van der Waals surface area contributed by atoms with E-state index in [0.717, 1.165) is 56.0 Å². The molecule has 7 aromatic rings. The average molecular weight is 657 g/mol. The fraction of sp³-hybridized carbons (Fsp3) is 0.0625. The predicted octanol–water partition coefficient (Wildman–Crippen LogP) is 11.3. The normalized spacial score (nSPS) is 14.5. The zero-order valence-corrected chi connectivity index (χ0v) is 28.3. The predicted molar refractivity (Wildman–Crippen MR) is 209 cm³/mol. The summed E-state index contributed by atoms with van der Waals surface area (Å²) in [5, 5.41) is 8.94. The third-order valence-electron chi connectivity index (χ3n) is 10.6. The molecule has 244 valence electrons. The molecular weight excluding hydrogens is 621 g/mol. The molecule has 51 heavy (non-hydrogen) atoms. The lowest BCUT2D eigenvalue weighted by atomic mass is 9.66. The summed E-state index contributed by atoms with van der Waals surface area (Å²) >= 11 is 0. The van der Waals surface area contributed by atoms with Crippen molar-refractivity contribution in [1.29, 1.82) is 5.41 Å². The maximum absolute atomic E-state index is 8.94. The summed E-state index contributed by atoms with van der Waals surface area (Å²) in [7, 11) is 0. The number of nitrogens with two attached hydrogens (primary N) is 1. The second-order valence-corrected chi connectivity index (χ2v) is 13.7. The van der Waals surface area contributed by atoms with Crippen LogP contribution < -0.4 is 10.5 Å². The van der Waals surface area contributed by atoms with E-state index < -0.39 is 11.0 Å². The Balaban J connectivity index is 1.13. The second-order valence-electron chi connectivity index (χ2n) is 13.7. The number of ether oxygens (including phenoxy) is 1. The highest BCUT2D eigenvalue weighted by Gasteiger charge is 2.50. The molecule has 3 nitrogen and oxygen atoms in total. The first-order valence-electron chi connectivity index (χ1n) is 17.4. The van der Waals surface area contributed by atoms with Crippen molar-refractivity contribution in [2.45, 2.75) is 17.9 Å². The van der Waals surface area contributed by atoms with Crippen LogP contribution in [-0.4, -0.2) is 5.71 Å². The third-order valence-corrected chi connectivity index (χ3v) is 10.6. The van der Waals surface area contributed by atoms with E-state index in [9.17, 15) is 0 Å². The zero-order chi connectivity index (χ0) is 34.6. The van der Waals surface area contributed by atoms with Gasteiger partial charge >= 0.3 is 0 Å². The van der Waals surface area contributed by atoms with Crippen molar-refractivity contribution in [3.8, 4) is 44.9 Å². The Hall–Kier alpha value is -6.29. The number of benzene rings is 7. The molecule has 1 heterocycles. The van der Waals surface area contributed by atoms with Crippen molar-refractivity contribution in [2.75, 3.05) is 0 Å². The highest BCUT2D eigenvalue weighted by atomic mass is 16.5. The third kappa shape index (κ3) is 4.89. The van der Waals surface area contributed by atoms with Crippen molar-refractivity contribution in [2.24, 2.45) is 5.73 Å². The highest BCUT2D eigenvalue weighted by molar-refractivity contribution is 6.07. The van der Waals surface area contributed by atoms with Crippen LogP contribution in [0.25, 0.3) is 33.4 Å². The number of rotatable bonds is 6. The highest BCUT2D eigenvalue weighted by Crippen LogP contribution is 2.62. The standard InChI is InChI=1S/C48H36N2O/c1-47(50,35-16-3-2-4-17-35)29-28-44(49)34-15-13-14-32(30-34)36-18-5-6-19-37(36)33-26-27-43-46(31-33)51-45-25-12-11-24-42(45)48(43)40-22-9-7-20-38(40)39-21-8-10-23-41(39)48/h2-31,49H,50H2,1H3/b29-28-,49-44?. The van der Waals surface area contributed by atoms with E-state index in [1.807, 2.05) is 61.5 Å². The van der Waals surface area contributed by atoms with Crippen molar-refractivity contribution in [1.82, 2.24) is 0 Å². The van der Waals surface area contributed by atoms with E-state index in [2.05, 4.69) is 127 Å². The summed E-state index contributed by atoms with van der Waals surface area (Å²) < 4.78 is 6.79. The van der Waals surface area contributed by atoms with E-state index in [4.69, 9.17) is 15.9 Å². The molecule has 0 amide bonds. The van der Waals surface area contributed by atoms with Crippen LogP contribution in [0.1, 0.15) is 40.3 Å². The molecule has 2 aliphatic rings. The van der Waals surface area contributed by atoms with E-state index >= 15 is 0 Å². The molecule has 3 heteroatoms. The molecule has 0 radical (unpaired) electrons. The second kappa shape index (κ2) is 11.9. The fourth-order valence-electron chi connectivity index (χ4n) is 8.12. The Morgan fingerprint density at radius 1 is 0.549 bits per heavy atom. The first kappa shape index (κ1) is 30.7. The van der Waals surface area contributed by atoms with Gasteiger partial charge in [-0.2, -0.15) is 0 Å². The largest absolute Gasteiger partial charge is 0.457 e. The van der Waals surface area contributed by atoms with Crippen LogP contribution >= 0.6 is 0 Å². The number of fused-ring (bicyclic) bond motifs is 9. The van der Waals surface area contributed by atoms with Gasteiger partial charge in [0.1, 0.15) is 11.5 Å². The maximum Gasteiger partial charge on any atom is 0.132 e. The number of hydrogen-bond donors (Lipinski definition) is 2. The van der Waals surface area contributed by atoms with Gasteiger partial charge in [0, 0.05) is 11.1 Å².